The largest absolute Gasteiger partial charge is 0.302 e. The van der Waals surface area contributed by atoms with Crippen molar-refractivity contribution in [3.8, 4) is 0 Å². The van der Waals surface area contributed by atoms with Crippen molar-refractivity contribution in [2.75, 3.05) is 27.2 Å². The van der Waals surface area contributed by atoms with Crippen LogP contribution < -0.4 is 5.48 Å². The van der Waals surface area contributed by atoms with Crippen molar-refractivity contribution < 1.29 is 4.84 Å². The van der Waals surface area contributed by atoms with Crippen LogP contribution in [0.3, 0.4) is 0 Å². The molecule has 0 aromatic heterocycles. The molecule has 0 atom stereocenters. The molecule has 1 rings (SSSR count). The highest BCUT2D eigenvalue weighted by Gasteiger charge is 2.10. The lowest BCUT2D eigenvalue weighted by molar-refractivity contribution is 0.119. The molecular formula is C9H16N2O. The molecule has 0 aromatic rings. The van der Waals surface area contributed by atoms with Gasteiger partial charge in [0.2, 0.25) is 0 Å². The molecule has 0 bridgehead atoms. The minimum Gasteiger partial charge on any atom is -0.302 e. The fourth-order valence-electron chi connectivity index (χ4n) is 1.30. The van der Waals surface area contributed by atoms with E-state index >= 15 is 0 Å². The minimum absolute atomic E-state index is 0.865. The normalized spacial score (nSPS) is 18.7. The van der Waals surface area contributed by atoms with Crippen LogP contribution in [0, 0.1) is 0 Å². The first-order valence-corrected chi connectivity index (χ1v) is 4.10. The molecule has 3 nitrogen and oxygen atoms in total. The number of rotatable bonds is 3. The molecule has 1 aliphatic rings. The van der Waals surface area contributed by atoms with Crippen LogP contribution in [-0.4, -0.2) is 32.1 Å². The molecule has 1 heterocycles. The summed E-state index contributed by atoms with van der Waals surface area (Å²) in [5, 5.41) is 0. The molecule has 1 aliphatic heterocycles. The maximum absolute atomic E-state index is 4.78. The predicted octanol–water partition coefficient (Wildman–Crippen LogP) is 0.913. The van der Waals surface area contributed by atoms with Crippen molar-refractivity contribution in [1.82, 2.24) is 10.4 Å². The Bertz CT molecular complexity index is 199. The zero-order valence-electron chi connectivity index (χ0n) is 7.76. The monoisotopic (exact) mass is 168 g/mol. The van der Waals surface area contributed by atoms with Crippen LogP contribution in [0.25, 0.3) is 0 Å². The Morgan fingerprint density at radius 1 is 1.75 bits per heavy atom. The van der Waals surface area contributed by atoms with E-state index in [4.69, 9.17) is 4.84 Å². The van der Waals surface area contributed by atoms with Crippen molar-refractivity contribution in [2.24, 2.45) is 0 Å². The van der Waals surface area contributed by atoms with Crippen LogP contribution in [0.2, 0.25) is 0 Å². The summed E-state index contributed by atoms with van der Waals surface area (Å²) in [7, 11) is 3.70. The van der Waals surface area contributed by atoms with Crippen molar-refractivity contribution in [2.45, 2.75) is 6.42 Å². The van der Waals surface area contributed by atoms with Crippen LogP contribution in [0.15, 0.2) is 23.9 Å². The number of hydrogen-bond acceptors (Lipinski definition) is 3. The molecule has 0 fully saturated rings. The Hall–Kier alpha value is -0.800. The number of nitrogens with zero attached hydrogens (tertiary/aromatic N) is 1. The molecule has 3 heteroatoms. The maximum Gasteiger partial charge on any atom is 0.0636 e. The topological polar surface area (TPSA) is 24.5 Å². The van der Waals surface area contributed by atoms with E-state index in [2.05, 4.69) is 30.1 Å². The summed E-state index contributed by atoms with van der Waals surface area (Å²) in [4.78, 5) is 7.04. The Morgan fingerprint density at radius 2 is 2.50 bits per heavy atom. The van der Waals surface area contributed by atoms with E-state index in [1.165, 1.54) is 5.57 Å². The van der Waals surface area contributed by atoms with Crippen LogP contribution in [0.4, 0.5) is 0 Å². The molecule has 0 radical (unpaired) electrons. The van der Waals surface area contributed by atoms with Gasteiger partial charge in [-0.25, -0.2) is 0 Å². The molecule has 0 amide bonds. The number of hydrogen-bond donors (Lipinski definition) is 1. The second kappa shape index (κ2) is 4.28. The number of hydroxylamine groups is 1. The Balaban J connectivity index is 2.50. The minimum atomic E-state index is 0.865. The summed E-state index contributed by atoms with van der Waals surface area (Å²) in [5.41, 5.74) is 4.84. The second-order valence-corrected chi connectivity index (χ2v) is 3.04. The van der Waals surface area contributed by atoms with E-state index in [1.807, 2.05) is 0 Å². The van der Waals surface area contributed by atoms with Crippen molar-refractivity contribution >= 4 is 0 Å². The molecule has 0 saturated carbocycles. The fraction of sp³-hybridized carbons (Fsp3) is 0.556. The summed E-state index contributed by atoms with van der Waals surface area (Å²) in [6.07, 6.45) is 3.30. The van der Waals surface area contributed by atoms with Gasteiger partial charge in [0.15, 0.2) is 0 Å². The predicted molar refractivity (Wildman–Crippen MR) is 49.5 cm³/mol. The third kappa shape index (κ3) is 2.36. The highest BCUT2D eigenvalue weighted by atomic mass is 16.6. The molecule has 0 spiro atoms. The molecule has 68 valence electrons. The van der Waals surface area contributed by atoms with Gasteiger partial charge in [-0.15, -0.1) is 0 Å². The highest BCUT2D eigenvalue weighted by molar-refractivity contribution is 5.28. The lowest BCUT2D eigenvalue weighted by atomic mass is 10.1. The molecule has 0 aliphatic carbocycles. The summed E-state index contributed by atoms with van der Waals surface area (Å²) in [6, 6.07) is 0. The summed E-state index contributed by atoms with van der Waals surface area (Å²) < 4.78 is 0. The molecule has 0 unspecified atom stereocenters. The van der Waals surface area contributed by atoms with Crippen molar-refractivity contribution in [1.29, 1.82) is 0 Å². The average Bonchev–Trinajstić information content (AvgIpc) is 2.05. The molecule has 0 saturated heterocycles. The molecule has 1 N–H and O–H groups in total. The van der Waals surface area contributed by atoms with Gasteiger partial charge in [-0.3, -0.25) is 10.3 Å². The van der Waals surface area contributed by atoms with Crippen molar-refractivity contribution in [3.63, 3.8) is 0 Å². The Morgan fingerprint density at radius 3 is 3.08 bits per heavy atom. The van der Waals surface area contributed by atoms with Crippen LogP contribution in [0.1, 0.15) is 6.42 Å². The van der Waals surface area contributed by atoms with Gasteiger partial charge < -0.3 is 4.90 Å². The quantitative estimate of drug-likeness (QED) is 0.634. The van der Waals surface area contributed by atoms with Gasteiger partial charge in [-0.05, 0) is 19.0 Å². The van der Waals surface area contributed by atoms with E-state index in [-0.39, 0.29) is 0 Å². The smallest absolute Gasteiger partial charge is 0.0636 e. The van der Waals surface area contributed by atoms with E-state index in [9.17, 15) is 0 Å². The molecule has 12 heavy (non-hydrogen) atoms. The van der Waals surface area contributed by atoms with E-state index in [1.54, 1.807) is 7.11 Å². The zero-order valence-corrected chi connectivity index (χ0v) is 7.76. The first kappa shape index (κ1) is 9.29. The van der Waals surface area contributed by atoms with E-state index in [0.29, 0.717) is 0 Å². The van der Waals surface area contributed by atoms with E-state index < -0.39 is 0 Å². The zero-order chi connectivity index (χ0) is 8.97. The lowest BCUT2D eigenvalue weighted by Crippen LogP contribution is -2.28. The third-order valence-electron chi connectivity index (χ3n) is 1.95. The first-order chi connectivity index (χ1) is 5.74. The summed E-state index contributed by atoms with van der Waals surface area (Å²) in [5.74, 6) is 0. The van der Waals surface area contributed by atoms with Gasteiger partial charge in [-0.2, -0.15) is 0 Å². The number of nitrogens with one attached hydrogen (secondary N) is 1. The van der Waals surface area contributed by atoms with E-state index in [0.717, 1.165) is 25.2 Å². The Kier molecular flexibility index (Phi) is 3.31. The lowest BCUT2D eigenvalue weighted by Gasteiger charge is -2.23. The Labute approximate surface area is 73.7 Å². The summed E-state index contributed by atoms with van der Waals surface area (Å²) in [6.45, 7) is 5.95. The third-order valence-corrected chi connectivity index (χ3v) is 1.95. The van der Waals surface area contributed by atoms with Crippen LogP contribution >= 0.6 is 0 Å². The summed E-state index contributed by atoms with van der Waals surface area (Å²) >= 11 is 0. The average molecular weight is 168 g/mol. The highest BCUT2D eigenvalue weighted by Crippen LogP contribution is 2.12. The van der Waals surface area contributed by atoms with Gasteiger partial charge in [-0.1, -0.05) is 12.7 Å². The molecular weight excluding hydrogens is 152 g/mol. The van der Waals surface area contributed by atoms with Gasteiger partial charge in [0.25, 0.3) is 0 Å². The van der Waals surface area contributed by atoms with Gasteiger partial charge in [0.1, 0.15) is 0 Å². The SMILES string of the molecule is C=C(NOC)C1=CCCN(C)C1. The van der Waals surface area contributed by atoms with Crippen LogP contribution in [0.5, 0.6) is 0 Å². The van der Waals surface area contributed by atoms with Gasteiger partial charge >= 0.3 is 0 Å². The van der Waals surface area contributed by atoms with Gasteiger partial charge in [0, 0.05) is 13.1 Å². The number of likely N-dealkylation sites (N-methyl/N-ethyl adjacent to an activating group) is 1. The fourth-order valence-corrected chi connectivity index (χ4v) is 1.30. The standard InChI is InChI=1S/C9H16N2O/c1-8(10-12-3)9-5-4-6-11(2)7-9/h5,10H,1,4,6-7H2,2-3H3. The van der Waals surface area contributed by atoms with Gasteiger partial charge in [0.05, 0.1) is 12.8 Å². The second-order valence-electron chi connectivity index (χ2n) is 3.04. The maximum atomic E-state index is 4.78. The molecule has 0 aromatic carbocycles. The first-order valence-electron chi connectivity index (χ1n) is 4.10. The van der Waals surface area contributed by atoms with Crippen LogP contribution in [-0.2, 0) is 4.84 Å². The van der Waals surface area contributed by atoms with Crippen molar-refractivity contribution in [3.05, 3.63) is 23.9 Å².